The highest BCUT2D eigenvalue weighted by Gasteiger charge is 2.41. The quantitative estimate of drug-likeness (QED) is 0.687. The number of esters is 1. The number of hydrogen-bond acceptors (Lipinski definition) is 3. The Balaban J connectivity index is 2.04. The molecule has 22 heavy (non-hydrogen) atoms. The summed E-state index contributed by atoms with van der Waals surface area (Å²) >= 11 is 0. The van der Waals surface area contributed by atoms with Gasteiger partial charge in [-0.25, -0.2) is 4.79 Å². The van der Waals surface area contributed by atoms with Crippen LogP contribution in [0.5, 0.6) is 0 Å². The standard InChI is InChI=1S/C18H23NO3/c1-14-6-8-15(9-7-14)10-11-16(20)19-18(17(21)22-2)12-4-3-5-13-18/h6-11H,3-5,12-13H2,1-2H3,(H,19,20)/b11-10+. The molecule has 1 aromatic carbocycles. The number of aryl methyl sites for hydroxylation is 1. The first-order valence-corrected chi connectivity index (χ1v) is 7.71. The van der Waals surface area contributed by atoms with E-state index in [1.54, 1.807) is 6.08 Å². The molecule has 1 aliphatic rings. The van der Waals surface area contributed by atoms with Crippen molar-refractivity contribution >= 4 is 18.0 Å². The molecule has 4 nitrogen and oxygen atoms in total. The molecule has 1 aromatic rings. The maximum Gasteiger partial charge on any atom is 0.331 e. The summed E-state index contributed by atoms with van der Waals surface area (Å²) in [7, 11) is 1.37. The van der Waals surface area contributed by atoms with Crippen LogP contribution in [0.4, 0.5) is 0 Å². The minimum atomic E-state index is -0.859. The van der Waals surface area contributed by atoms with Crippen molar-refractivity contribution in [1.82, 2.24) is 5.32 Å². The van der Waals surface area contributed by atoms with Gasteiger partial charge in [-0.3, -0.25) is 4.79 Å². The van der Waals surface area contributed by atoms with Gasteiger partial charge in [0.1, 0.15) is 5.54 Å². The number of nitrogens with one attached hydrogen (secondary N) is 1. The van der Waals surface area contributed by atoms with Crippen molar-refractivity contribution < 1.29 is 14.3 Å². The molecule has 1 saturated carbocycles. The van der Waals surface area contributed by atoms with Crippen LogP contribution >= 0.6 is 0 Å². The number of hydrogen-bond donors (Lipinski definition) is 1. The van der Waals surface area contributed by atoms with Crippen LogP contribution in [0.25, 0.3) is 6.08 Å². The van der Waals surface area contributed by atoms with Gasteiger partial charge in [0.25, 0.3) is 0 Å². The Bertz CT molecular complexity index is 554. The summed E-state index contributed by atoms with van der Waals surface area (Å²) in [5.74, 6) is -0.600. The molecule has 1 fully saturated rings. The Morgan fingerprint density at radius 1 is 1.14 bits per heavy atom. The average molecular weight is 301 g/mol. The Labute approximate surface area is 131 Å². The molecule has 0 atom stereocenters. The van der Waals surface area contributed by atoms with Gasteiger partial charge in [0.15, 0.2) is 0 Å². The molecule has 0 radical (unpaired) electrons. The molecule has 4 heteroatoms. The SMILES string of the molecule is COC(=O)C1(NC(=O)/C=C/c2ccc(C)cc2)CCCCC1. The predicted molar refractivity (Wildman–Crippen MR) is 86.2 cm³/mol. The Morgan fingerprint density at radius 2 is 1.77 bits per heavy atom. The summed E-state index contributed by atoms with van der Waals surface area (Å²) in [5, 5.41) is 2.86. The molecule has 0 saturated heterocycles. The van der Waals surface area contributed by atoms with E-state index in [4.69, 9.17) is 4.74 Å². The number of methoxy groups -OCH3 is 1. The van der Waals surface area contributed by atoms with Crippen molar-refractivity contribution in [2.24, 2.45) is 0 Å². The van der Waals surface area contributed by atoms with Gasteiger partial charge in [0.2, 0.25) is 5.91 Å². The second kappa shape index (κ2) is 7.25. The van der Waals surface area contributed by atoms with Crippen molar-refractivity contribution in [3.63, 3.8) is 0 Å². The molecule has 1 aliphatic carbocycles. The summed E-state index contributed by atoms with van der Waals surface area (Å²) in [6.45, 7) is 2.02. The van der Waals surface area contributed by atoms with E-state index in [1.807, 2.05) is 31.2 Å². The Kier molecular flexibility index (Phi) is 5.36. The van der Waals surface area contributed by atoms with Gasteiger partial charge < -0.3 is 10.1 Å². The van der Waals surface area contributed by atoms with Gasteiger partial charge in [0, 0.05) is 6.08 Å². The zero-order valence-electron chi connectivity index (χ0n) is 13.2. The third kappa shape index (κ3) is 3.97. The van der Waals surface area contributed by atoms with Crippen LogP contribution in [0, 0.1) is 6.92 Å². The zero-order valence-corrected chi connectivity index (χ0v) is 13.2. The van der Waals surface area contributed by atoms with Gasteiger partial charge in [-0.15, -0.1) is 0 Å². The summed E-state index contributed by atoms with van der Waals surface area (Å²) < 4.78 is 4.89. The van der Waals surface area contributed by atoms with Crippen molar-refractivity contribution in [3.05, 3.63) is 41.5 Å². The van der Waals surface area contributed by atoms with Crippen molar-refractivity contribution in [3.8, 4) is 0 Å². The first-order valence-electron chi connectivity index (χ1n) is 7.71. The van der Waals surface area contributed by atoms with Crippen molar-refractivity contribution in [2.45, 2.75) is 44.6 Å². The number of rotatable bonds is 4. The fourth-order valence-corrected chi connectivity index (χ4v) is 2.86. The summed E-state index contributed by atoms with van der Waals surface area (Å²) in [4.78, 5) is 24.2. The first kappa shape index (κ1) is 16.3. The van der Waals surface area contributed by atoms with Crippen LogP contribution < -0.4 is 5.32 Å². The smallest absolute Gasteiger partial charge is 0.331 e. The van der Waals surface area contributed by atoms with E-state index < -0.39 is 5.54 Å². The molecule has 2 rings (SSSR count). The fraction of sp³-hybridized carbons (Fsp3) is 0.444. The number of amides is 1. The number of ether oxygens (including phenoxy) is 1. The second-order valence-corrected chi connectivity index (χ2v) is 5.87. The van der Waals surface area contributed by atoms with Crippen LogP contribution in [-0.4, -0.2) is 24.5 Å². The molecule has 118 valence electrons. The van der Waals surface area contributed by atoms with Crippen LogP contribution in [0.3, 0.4) is 0 Å². The highest BCUT2D eigenvalue weighted by atomic mass is 16.5. The van der Waals surface area contributed by atoms with E-state index in [2.05, 4.69) is 5.32 Å². The topological polar surface area (TPSA) is 55.4 Å². The summed E-state index contributed by atoms with van der Waals surface area (Å²) in [6.07, 6.45) is 7.46. The molecule has 1 amide bonds. The second-order valence-electron chi connectivity index (χ2n) is 5.87. The lowest BCUT2D eigenvalue weighted by molar-refractivity contribution is -0.152. The molecular weight excluding hydrogens is 278 g/mol. The van der Waals surface area contributed by atoms with E-state index in [9.17, 15) is 9.59 Å². The highest BCUT2D eigenvalue weighted by Crippen LogP contribution is 2.29. The van der Waals surface area contributed by atoms with E-state index in [0.29, 0.717) is 12.8 Å². The largest absolute Gasteiger partial charge is 0.467 e. The fourth-order valence-electron chi connectivity index (χ4n) is 2.86. The van der Waals surface area contributed by atoms with Gasteiger partial charge in [0.05, 0.1) is 7.11 Å². The monoisotopic (exact) mass is 301 g/mol. The predicted octanol–water partition coefficient (Wildman–Crippen LogP) is 3.00. The third-order valence-corrected chi connectivity index (χ3v) is 4.15. The molecule has 0 aliphatic heterocycles. The molecular formula is C18H23NO3. The minimum absolute atomic E-state index is 0.257. The Morgan fingerprint density at radius 3 is 2.36 bits per heavy atom. The molecule has 0 unspecified atom stereocenters. The van der Waals surface area contributed by atoms with Crippen LogP contribution in [0.15, 0.2) is 30.3 Å². The van der Waals surface area contributed by atoms with Gasteiger partial charge >= 0.3 is 5.97 Å². The van der Waals surface area contributed by atoms with Crippen molar-refractivity contribution in [2.75, 3.05) is 7.11 Å². The van der Waals surface area contributed by atoms with Gasteiger partial charge in [-0.05, 0) is 31.4 Å². The molecule has 0 bridgehead atoms. The van der Waals surface area contributed by atoms with Crippen LogP contribution in [0.1, 0.15) is 43.2 Å². The van der Waals surface area contributed by atoms with E-state index in [-0.39, 0.29) is 11.9 Å². The highest BCUT2D eigenvalue weighted by molar-refractivity contribution is 5.96. The molecule has 0 aromatic heterocycles. The minimum Gasteiger partial charge on any atom is -0.467 e. The number of carbonyl (C=O) groups excluding carboxylic acids is 2. The molecule has 0 heterocycles. The zero-order chi connectivity index (χ0) is 16.0. The van der Waals surface area contributed by atoms with E-state index in [0.717, 1.165) is 24.8 Å². The van der Waals surface area contributed by atoms with Gasteiger partial charge in [-0.1, -0.05) is 49.1 Å². The van der Waals surface area contributed by atoms with Crippen molar-refractivity contribution in [1.29, 1.82) is 0 Å². The van der Waals surface area contributed by atoms with Crippen LogP contribution in [0.2, 0.25) is 0 Å². The lowest BCUT2D eigenvalue weighted by Crippen LogP contribution is -2.55. The van der Waals surface area contributed by atoms with E-state index >= 15 is 0 Å². The molecule has 1 N–H and O–H groups in total. The Hall–Kier alpha value is -2.10. The van der Waals surface area contributed by atoms with E-state index in [1.165, 1.54) is 18.7 Å². The van der Waals surface area contributed by atoms with Gasteiger partial charge in [-0.2, -0.15) is 0 Å². The maximum atomic E-state index is 12.2. The average Bonchev–Trinajstić information content (AvgIpc) is 2.54. The first-order chi connectivity index (χ1) is 10.6. The number of carbonyl (C=O) groups is 2. The summed E-state index contributed by atoms with van der Waals surface area (Å²) in [6, 6.07) is 7.90. The maximum absolute atomic E-state index is 12.2. The molecule has 0 spiro atoms. The lowest BCUT2D eigenvalue weighted by atomic mass is 9.81. The van der Waals surface area contributed by atoms with Crippen LogP contribution in [-0.2, 0) is 14.3 Å². The summed E-state index contributed by atoms with van der Waals surface area (Å²) in [5.41, 5.74) is 1.27. The lowest BCUT2D eigenvalue weighted by Gasteiger charge is -2.34. The normalized spacial score (nSPS) is 17.2. The third-order valence-electron chi connectivity index (χ3n) is 4.15. The number of benzene rings is 1.